The zero-order valence-electron chi connectivity index (χ0n) is 7.11. The molecule has 2 aromatic rings. The Bertz CT molecular complexity index is 465. The average Bonchev–Trinajstić information content (AvgIpc) is 2.52. The maximum absolute atomic E-state index is 10.6. The van der Waals surface area contributed by atoms with E-state index in [1.165, 1.54) is 6.26 Å². The van der Waals surface area contributed by atoms with Gasteiger partial charge < -0.3 is 8.83 Å². The summed E-state index contributed by atoms with van der Waals surface area (Å²) in [4.78, 5) is 10.6. The standard InChI is InChI=1S/C10H8O3/c1-7-3-2-4-8(5-7)9-6-12-10(11)13-9/h2-6H,1H3. The zero-order valence-corrected chi connectivity index (χ0v) is 7.11. The van der Waals surface area contributed by atoms with Crippen LogP contribution in [0.3, 0.4) is 0 Å². The highest BCUT2D eigenvalue weighted by Gasteiger charge is 2.03. The average molecular weight is 176 g/mol. The summed E-state index contributed by atoms with van der Waals surface area (Å²) in [6.45, 7) is 1.97. The minimum absolute atomic E-state index is 0.466. The van der Waals surface area contributed by atoms with E-state index >= 15 is 0 Å². The Morgan fingerprint density at radius 3 is 2.77 bits per heavy atom. The first kappa shape index (κ1) is 7.86. The second kappa shape index (κ2) is 2.94. The molecule has 0 spiro atoms. The van der Waals surface area contributed by atoms with Crippen LogP contribution in [0.2, 0.25) is 0 Å². The largest absolute Gasteiger partial charge is 0.519 e. The normalized spacial score (nSPS) is 10.2. The van der Waals surface area contributed by atoms with Crippen molar-refractivity contribution in [2.45, 2.75) is 6.92 Å². The van der Waals surface area contributed by atoms with E-state index in [2.05, 4.69) is 4.42 Å². The molecule has 0 saturated heterocycles. The number of rotatable bonds is 1. The molecular formula is C10H8O3. The quantitative estimate of drug-likeness (QED) is 0.669. The molecule has 0 amide bonds. The van der Waals surface area contributed by atoms with Gasteiger partial charge >= 0.3 is 5.82 Å². The second-order valence-corrected chi connectivity index (χ2v) is 2.82. The lowest BCUT2D eigenvalue weighted by molar-refractivity contribution is 0.389. The number of hydrogen-bond donors (Lipinski definition) is 0. The summed E-state index contributed by atoms with van der Waals surface area (Å²) in [6, 6.07) is 7.66. The van der Waals surface area contributed by atoms with Crippen LogP contribution in [0, 0.1) is 6.92 Å². The van der Waals surface area contributed by atoms with Crippen molar-refractivity contribution < 1.29 is 8.83 Å². The number of hydrogen-bond acceptors (Lipinski definition) is 3. The molecule has 0 saturated carbocycles. The highest BCUT2D eigenvalue weighted by atomic mass is 16.6. The van der Waals surface area contributed by atoms with Gasteiger partial charge in [0.2, 0.25) is 0 Å². The molecule has 0 unspecified atom stereocenters. The third-order valence-electron chi connectivity index (χ3n) is 1.76. The van der Waals surface area contributed by atoms with E-state index in [9.17, 15) is 4.79 Å². The first-order valence-electron chi connectivity index (χ1n) is 3.91. The fourth-order valence-corrected chi connectivity index (χ4v) is 1.16. The van der Waals surface area contributed by atoms with Crippen LogP contribution in [0.5, 0.6) is 0 Å². The second-order valence-electron chi connectivity index (χ2n) is 2.82. The maximum atomic E-state index is 10.6. The summed E-state index contributed by atoms with van der Waals surface area (Å²) in [5.41, 5.74) is 1.96. The molecule has 0 radical (unpaired) electrons. The minimum atomic E-state index is -0.670. The molecule has 2 rings (SSSR count). The van der Waals surface area contributed by atoms with Crippen LogP contribution in [0.25, 0.3) is 11.3 Å². The molecule has 1 aromatic carbocycles. The molecule has 13 heavy (non-hydrogen) atoms. The van der Waals surface area contributed by atoms with E-state index in [0.717, 1.165) is 11.1 Å². The summed E-state index contributed by atoms with van der Waals surface area (Å²) < 4.78 is 9.34. The Balaban J connectivity index is 2.52. The maximum Gasteiger partial charge on any atom is 0.519 e. The lowest BCUT2D eigenvalue weighted by Crippen LogP contribution is -1.85. The topological polar surface area (TPSA) is 43.4 Å². The van der Waals surface area contributed by atoms with Crippen LogP contribution in [-0.4, -0.2) is 0 Å². The molecule has 3 heteroatoms. The van der Waals surface area contributed by atoms with Gasteiger partial charge in [0.25, 0.3) is 0 Å². The van der Waals surface area contributed by atoms with Crippen LogP contribution in [0.4, 0.5) is 0 Å². The SMILES string of the molecule is Cc1cccc(-c2coc(=O)o2)c1. The predicted molar refractivity (Wildman–Crippen MR) is 47.4 cm³/mol. The first-order valence-corrected chi connectivity index (χ1v) is 3.91. The van der Waals surface area contributed by atoms with E-state index in [1.54, 1.807) is 0 Å². The van der Waals surface area contributed by atoms with E-state index < -0.39 is 5.82 Å². The molecule has 0 aliphatic heterocycles. The van der Waals surface area contributed by atoms with Crippen LogP contribution in [0.1, 0.15) is 5.56 Å². The van der Waals surface area contributed by atoms with Crippen molar-refractivity contribution in [1.29, 1.82) is 0 Å². The summed E-state index contributed by atoms with van der Waals surface area (Å²) in [5.74, 6) is -0.204. The lowest BCUT2D eigenvalue weighted by Gasteiger charge is -1.95. The fraction of sp³-hybridized carbons (Fsp3) is 0.100. The van der Waals surface area contributed by atoms with Crippen LogP contribution >= 0.6 is 0 Å². The zero-order chi connectivity index (χ0) is 9.26. The number of benzene rings is 1. The number of aryl methyl sites for hydroxylation is 1. The molecule has 0 atom stereocenters. The van der Waals surface area contributed by atoms with Gasteiger partial charge in [0.05, 0.1) is 0 Å². The first-order chi connectivity index (χ1) is 6.25. The summed E-state index contributed by atoms with van der Waals surface area (Å²) >= 11 is 0. The van der Waals surface area contributed by atoms with Gasteiger partial charge in [0, 0.05) is 5.56 Å². The fourth-order valence-electron chi connectivity index (χ4n) is 1.16. The molecule has 1 aromatic heterocycles. The van der Waals surface area contributed by atoms with Crippen molar-refractivity contribution in [2.24, 2.45) is 0 Å². The van der Waals surface area contributed by atoms with Crippen LogP contribution in [0.15, 0.2) is 44.2 Å². The Kier molecular flexibility index (Phi) is 1.77. The molecule has 0 aliphatic rings. The van der Waals surface area contributed by atoms with Crippen molar-refractivity contribution in [3.05, 3.63) is 46.7 Å². The van der Waals surface area contributed by atoms with Crippen molar-refractivity contribution in [1.82, 2.24) is 0 Å². The predicted octanol–water partition coefficient (Wildman–Crippen LogP) is 2.21. The molecule has 1 heterocycles. The highest BCUT2D eigenvalue weighted by molar-refractivity contribution is 5.56. The van der Waals surface area contributed by atoms with E-state index in [4.69, 9.17) is 4.42 Å². The van der Waals surface area contributed by atoms with Crippen LogP contribution < -0.4 is 5.82 Å². The monoisotopic (exact) mass is 176 g/mol. The van der Waals surface area contributed by atoms with Crippen molar-refractivity contribution in [2.75, 3.05) is 0 Å². The Labute approximate surface area is 74.6 Å². The summed E-state index contributed by atoms with van der Waals surface area (Å²) in [6.07, 6.45) is 1.32. The van der Waals surface area contributed by atoms with Gasteiger partial charge in [0.15, 0.2) is 5.76 Å². The molecule has 0 N–H and O–H groups in total. The molecule has 66 valence electrons. The van der Waals surface area contributed by atoms with Gasteiger partial charge in [-0.3, -0.25) is 0 Å². The van der Waals surface area contributed by atoms with Gasteiger partial charge in [-0.2, -0.15) is 0 Å². The lowest BCUT2D eigenvalue weighted by atomic mass is 10.1. The Morgan fingerprint density at radius 2 is 2.15 bits per heavy atom. The van der Waals surface area contributed by atoms with E-state index in [-0.39, 0.29) is 0 Å². The summed E-state index contributed by atoms with van der Waals surface area (Å²) in [5, 5.41) is 0. The van der Waals surface area contributed by atoms with Gasteiger partial charge in [-0.25, -0.2) is 4.79 Å². The van der Waals surface area contributed by atoms with E-state index in [1.807, 2.05) is 31.2 Å². The third kappa shape index (κ3) is 1.54. The van der Waals surface area contributed by atoms with Gasteiger partial charge in [0.1, 0.15) is 6.26 Å². The molecular weight excluding hydrogens is 168 g/mol. The molecule has 0 bridgehead atoms. The third-order valence-corrected chi connectivity index (χ3v) is 1.76. The summed E-state index contributed by atoms with van der Waals surface area (Å²) in [7, 11) is 0. The van der Waals surface area contributed by atoms with Gasteiger partial charge in [-0.05, 0) is 13.0 Å². The van der Waals surface area contributed by atoms with Crippen LogP contribution in [-0.2, 0) is 0 Å². The van der Waals surface area contributed by atoms with Gasteiger partial charge in [-0.1, -0.05) is 23.8 Å². The smallest absolute Gasteiger partial charge is 0.399 e. The molecule has 3 nitrogen and oxygen atoms in total. The minimum Gasteiger partial charge on any atom is -0.399 e. The van der Waals surface area contributed by atoms with Crippen molar-refractivity contribution in [3.8, 4) is 11.3 Å². The van der Waals surface area contributed by atoms with Gasteiger partial charge in [-0.15, -0.1) is 0 Å². The van der Waals surface area contributed by atoms with E-state index in [0.29, 0.717) is 5.76 Å². The Morgan fingerprint density at radius 1 is 1.31 bits per heavy atom. The molecule has 0 aliphatic carbocycles. The molecule has 0 fully saturated rings. The Hall–Kier alpha value is -1.77. The highest BCUT2D eigenvalue weighted by Crippen LogP contribution is 2.18. The van der Waals surface area contributed by atoms with Crippen molar-refractivity contribution in [3.63, 3.8) is 0 Å². The van der Waals surface area contributed by atoms with Crippen molar-refractivity contribution >= 4 is 0 Å².